The van der Waals surface area contributed by atoms with Crippen LogP contribution >= 0.6 is 0 Å². The van der Waals surface area contributed by atoms with Gasteiger partial charge in [-0.3, -0.25) is 9.20 Å². The van der Waals surface area contributed by atoms with Crippen LogP contribution in [-0.2, 0) is 9.53 Å². The molecule has 2 heterocycles. The molecule has 1 amide bonds. The number of ether oxygens (including phenoxy) is 1. The largest absolute Gasteiger partial charge is 0.465 e. The zero-order valence-electron chi connectivity index (χ0n) is 16.2. The topological polar surface area (TPSA) is 63.9 Å². The Hall–Kier alpha value is -3.15. The van der Waals surface area contributed by atoms with Crippen LogP contribution in [0.1, 0.15) is 31.1 Å². The van der Waals surface area contributed by atoms with Crippen molar-refractivity contribution in [3.05, 3.63) is 54.4 Å². The maximum Gasteiger partial charge on any atom is 0.337 e. The fourth-order valence-electron chi connectivity index (χ4n) is 2.93. The SMILES string of the molecule is COC(=O)c1cccc(-c2cnc3ccc(N(C)C(=O)C(C)(C)C)cn23)c1. The van der Waals surface area contributed by atoms with Crippen molar-refractivity contribution in [2.45, 2.75) is 20.8 Å². The molecule has 0 N–H and O–H groups in total. The normalized spacial score (nSPS) is 11.4. The molecular weight excluding hydrogens is 342 g/mol. The first-order chi connectivity index (χ1) is 12.7. The predicted molar refractivity (Wildman–Crippen MR) is 105 cm³/mol. The summed E-state index contributed by atoms with van der Waals surface area (Å²) in [4.78, 5) is 30.5. The molecule has 140 valence electrons. The zero-order valence-corrected chi connectivity index (χ0v) is 16.2. The molecule has 0 aliphatic rings. The Morgan fingerprint density at radius 2 is 1.89 bits per heavy atom. The van der Waals surface area contributed by atoms with E-state index in [4.69, 9.17) is 4.74 Å². The second-order valence-corrected chi connectivity index (χ2v) is 7.45. The van der Waals surface area contributed by atoms with Crippen LogP contribution in [0, 0.1) is 5.41 Å². The molecule has 0 spiro atoms. The van der Waals surface area contributed by atoms with Gasteiger partial charge in [-0.25, -0.2) is 9.78 Å². The number of nitrogens with zero attached hydrogens (tertiary/aromatic N) is 3. The number of anilines is 1. The summed E-state index contributed by atoms with van der Waals surface area (Å²) in [7, 11) is 3.13. The Morgan fingerprint density at radius 3 is 2.56 bits per heavy atom. The van der Waals surface area contributed by atoms with Crippen molar-refractivity contribution in [3.8, 4) is 11.3 Å². The summed E-state index contributed by atoms with van der Waals surface area (Å²) in [6.45, 7) is 5.68. The number of fused-ring (bicyclic) bond motifs is 1. The Kier molecular flexibility index (Phi) is 4.74. The lowest BCUT2D eigenvalue weighted by Crippen LogP contribution is -2.36. The highest BCUT2D eigenvalue weighted by Gasteiger charge is 2.26. The first kappa shape index (κ1) is 18.6. The fourth-order valence-corrected chi connectivity index (χ4v) is 2.93. The number of aromatic nitrogens is 2. The van der Waals surface area contributed by atoms with Crippen molar-refractivity contribution in [1.82, 2.24) is 9.38 Å². The lowest BCUT2D eigenvalue weighted by Gasteiger charge is -2.26. The molecule has 0 saturated heterocycles. The van der Waals surface area contributed by atoms with Crippen molar-refractivity contribution in [3.63, 3.8) is 0 Å². The second-order valence-electron chi connectivity index (χ2n) is 7.45. The average Bonchev–Trinajstić information content (AvgIpc) is 3.08. The van der Waals surface area contributed by atoms with Gasteiger partial charge in [0.15, 0.2) is 0 Å². The van der Waals surface area contributed by atoms with Crippen LogP contribution in [0.5, 0.6) is 0 Å². The van der Waals surface area contributed by atoms with E-state index in [1.54, 1.807) is 36.3 Å². The molecule has 3 aromatic rings. The lowest BCUT2D eigenvalue weighted by atomic mass is 9.95. The molecule has 0 unspecified atom stereocenters. The minimum absolute atomic E-state index is 0.0243. The van der Waals surface area contributed by atoms with Gasteiger partial charge >= 0.3 is 5.97 Å². The van der Waals surface area contributed by atoms with Crippen molar-refractivity contribution < 1.29 is 14.3 Å². The summed E-state index contributed by atoms with van der Waals surface area (Å²) in [5.41, 5.74) is 3.19. The van der Waals surface area contributed by atoms with Crippen molar-refractivity contribution in [1.29, 1.82) is 0 Å². The fraction of sp³-hybridized carbons (Fsp3) is 0.286. The van der Waals surface area contributed by atoms with Gasteiger partial charge in [0, 0.05) is 24.2 Å². The van der Waals surface area contributed by atoms with Crippen molar-refractivity contribution >= 4 is 23.2 Å². The van der Waals surface area contributed by atoms with E-state index >= 15 is 0 Å². The summed E-state index contributed by atoms with van der Waals surface area (Å²) in [6.07, 6.45) is 3.63. The number of methoxy groups -OCH3 is 1. The number of carbonyl (C=O) groups excluding carboxylic acids is 2. The van der Waals surface area contributed by atoms with Gasteiger partial charge in [-0.1, -0.05) is 32.9 Å². The summed E-state index contributed by atoms with van der Waals surface area (Å²) in [6, 6.07) is 10.9. The highest BCUT2D eigenvalue weighted by molar-refractivity contribution is 5.96. The number of hydrogen-bond donors (Lipinski definition) is 0. The van der Waals surface area contributed by atoms with Crippen LogP contribution in [0.15, 0.2) is 48.8 Å². The van der Waals surface area contributed by atoms with Gasteiger partial charge in [0.2, 0.25) is 5.91 Å². The minimum Gasteiger partial charge on any atom is -0.465 e. The van der Waals surface area contributed by atoms with E-state index in [1.807, 2.05) is 49.6 Å². The van der Waals surface area contributed by atoms with Crippen LogP contribution in [0.3, 0.4) is 0 Å². The summed E-state index contributed by atoms with van der Waals surface area (Å²) < 4.78 is 6.71. The summed E-state index contributed by atoms with van der Waals surface area (Å²) in [5.74, 6) is -0.363. The molecule has 0 aliphatic carbocycles. The Bertz CT molecular complexity index is 1010. The van der Waals surface area contributed by atoms with Crippen molar-refractivity contribution in [2.75, 3.05) is 19.1 Å². The third-order valence-electron chi connectivity index (χ3n) is 4.40. The molecular formula is C21H23N3O3. The standard InChI is InChI=1S/C21H23N3O3/c1-21(2,3)20(26)23(4)16-9-10-18-22-12-17(24(18)13-16)14-7-6-8-15(11-14)19(25)27-5/h6-13H,1-5H3. The second kappa shape index (κ2) is 6.87. The average molecular weight is 365 g/mol. The van der Waals surface area contributed by atoms with Gasteiger partial charge in [0.25, 0.3) is 0 Å². The molecule has 6 nitrogen and oxygen atoms in total. The van der Waals surface area contributed by atoms with Crippen molar-refractivity contribution in [2.24, 2.45) is 5.41 Å². The molecule has 0 atom stereocenters. The van der Waals surface area contributed by atoms with Gasteiger partial charge in [-0.05, 0) is 24.3 Å². The molecule has 0 fully saturated rings. The van der Waals surface area contributed by atoms with E-state index in [0.29, 0.717) is 5.56 Å². The third kappa shape index (κ3) is 3.56. The number of rotatable bonds is 3. The number of carbonyl (C=O) groups is 2. The zero-order chi connectivity index (χ0) is 19.8. The third-order valence-corrected chi connectivity index (χ3v) is 4.40. The Balaban J connectivity index is 2.06. The Morgan fingerprint density at radius 1 is 1.15 bits per heavy atom. The van der Waals surface area contributed by atoms with Crippen LogP contribution in [0.4, 0.5) is 5.69 Å². The molecule has 3 rings (SSSR count). The first-order valence-corrected chi connectivity index (χ1v) is 8.66. The van der Waals surface area contributed by atoms with E-state index in [0.717, 1.165) is 22.6 Å². The summed E-state index contributed by atoms with van der Waals surface area (Å²) in [5, 5.41) is 0. The van der Waals surface area contributed by atoms with Gasteiger partial charge < -0.3 is 9.64 Å². The summed E-state index contributed by atoms with van der Waals surface area (Å²) >= 11 is 0. The van der Waals surface area contributed by atoms with Gasteiger partial charge in [0.05, 0.1) is 30.3 Å². The number of hydrogen-bond acceptors (Lipinski definition) is 4. The monoisotopic (exact) mass is 365 g/mol. The van der Waals surface area contributed by atoms with Gasteiger partial charge in [-0.15, -0.1) is 0 Å². The number of imidazole rings is 1. The first-order valence-electron chi connectivity index (χ1n) is 8.66. The van der Waals surface area contributed by atoms with E-state index < -0.39 is 5.41 Å². The highest BCUT2D eigenvalue weighted by Crippen LogP contribution is 2.26. The number of amides is 1. The number of benzene rings is 1. The molecule has 0 saturated carbocycles. The van der Waals surface area contributed by atoms with Crippen LogP contribution in [0.25, 0.3) is 16.9 Å². The number of esters is 1. The molecule has 0 bridgehead atoms. The lowest BCUT2D eigenvalue weighted by molar-refractivity contribution is -0.125. The molecule has 2 aromatic heterocycles. The maximum atomic E-state index is 12.6. The maximum absolute atomic E-state index is 12.6. The van der Waals surface area contributed by atoms with Gasteiger partial charge in [-0.2, -0.15) is 0 Å². The molecule has 27 heavy (non-hydrogen) atoms. The minimum atomic E-state index is -0.476. The molecule has 0 aliphatic heterocycles. The van der Waals surface area contributed by atoms with E-state index in [9.17, 15) is 9.59 Å². The molecule has 1 aromatic carbocycles. The Labute approximate surface area is 158 Å². The quantitative estimate of drug-likeness (QED) is 0.662. The smallest absolute Gasteiger partial charge is 0.337 e. The van der Waals surface area contributed by atoms with Crippen LogP contribution < -0.4 is 4.90 Å². The molecule has 0 radical (unpaired) electrons. The van der Waals surface area contributed by atoms with Crippen LogP contribution in [-0.4, -0.2) is 35.4 Å². The van der Waals surface area contributed by atoms with E-state index in [1.165, 1.54) is 7.11 Å². The highest BCUT2D eigenvalue weighted by atomic mass is 16.5. The predicted octanol–water partition coefficient (Wildman–Crippen LogP) is 3.80. The van der Waals surface area contributed by atoms with E-state index in [-0.39, 0.29) is 11.9 Å². The number of pyridine rings is 1. The van der Waals surface area contributed by atoms with Crippen LogP contribution in [0.2, 0.25) is 0 Å². The molecule has 6 heteroatoms. The van der Waals surface area contributed by atoms with E-state index in [2.05, 4.69) is 4.98 Å². The van der Waals surface area contributed by atoms with Gasteiger partial charge in [0.1, 0.15) is 5.65 Å².